The molecule has 2 rings (SSSR count). The fraction of sp³-hybridized carbons (Fsp3) is 0.333. The second kappa shape index (κ2) is 4.94. The average Bonchev–Trinajstić information content (AvgIpc) is 2.75. The van der Waals surface area contributed by atoms with Crippen molar-refractivity contribution in [1.82, 2.24) is 4.90 Å². The molecule has 4 nitrogen and oxygen atoms in total. The second-order valence-corrected chi connectivity index (χ2v) is 4.59. The van der Waals surface area contributed by atoms with Gasteiger partial charge in [-0.3, -0.25) is 4.79 Å². The zero-order valence-electron chi connectivity index (χ0n) is 9.40. The maximum atomic E-state index is 13.2. The first-order valence-corrected chi connectivity index (χ1v) is 5.86. The van der Waals surface area contributed by atoms with E-state index in [4.69, 9.17) is 16.7 Å². The topological polar surface area (TPSA) is 57.6 Å². The van der Waals surface area contributed by atoms with E-state index in [1.165, 1.54) is 11.0 Å². The number of nitrogens with zero attached hydrogens (tertiary/aromatic N) is 1. The Kier molecular flexibility index (Phi) is 3.52. The number of likely N-dealkylation sites (tertiary alicyclic amines) is 1. The molecule has 18 heavy (non-hydrogen) atoms. The van der Waals surface area contributed by atoms with Crippen molar-refractivity contribution in [2.24, 2.45) is 0 Å². The van der Waals surface area contributed by atoms with Gasteiger partial charge in [-0.05, 0) is 31.0 Å². The number of hydrogen-bond donors (Lipinski definition) is 1. The Labute approximate surface area is 108 Å². The molecule has 0 unspecified atom stereocenters. The van der Waals surface area contributed by atoms with Crippen LogP contribution >= 0.6 is 11.6 Å². The number of carbonyl (C=O) groups excluding carboxylic acids is 1. The molecule has 1 aromatic rings. The van der Waals surface area contributed by atoms with Crippen LogP contribution in [-0.2, 0) is 4.79 Å². The summed E-state index contributed by atoms with van der Waals surface area (Å²) in [4.78, 5) is 24.3. The van der Waals surface area contributed by atoms with E-state index in [9.17, 15) is 14.0 Å². The summed E-state index contributed by atoms with van der Waals surface area (Å²) in [5.74, 6) is -2.15. The molecule has 1 heterocycles. The van der Waals surface area contributed by atoms with E-state index >= 15 is 0 Å². The minimum atomic E-state index is -1.04. The molecule has 0 aliphatic carbocycles. The number of carboxylic acid groups (broad SMARTS) is 1. The number of carbonyl (C=O) groups is 2. The maximum absolute atomic E-state index is 13.2. The lowest BCUT2D eigenvalue weighted by Gasteiger charge is -2.21. The van der Waals surface area contributed by atoms with Crippen LogP contribution in [0.4, 0.5) is 4.39 Å². The van der Waals surface area contributed by atoms with Crippen molar-refractivity contribution in [3.8, 4) is 0 Å². The Balaban J connectivity index is 2.28. The smallest absolute Gasteiger partial charge is 0.326 e. The van der Waals surface area contributed by atoms with Crippen LogP contribution < -0.4 is 0 Å². The zero-order chi connectivity index (χ0) is 13.3. The summed E-state index contributed by atoms with van der Waals surface area (Å²) in [6.07, 6.45) is 1.05. The van der Waals surface area contributed by atoms with E-state index in [1.54, 1.807) is 0 Å². The highest BCUT2D eigenvalue weighted by atomic mass is 35.5. The Morgan fingerprint density at radius 3 is 2.72 bits per heavy atom. The van der Waals surface area contributed by atoms with Gasteiger partial charge in [0.2, 0.25) is 0 Å². The Morgan fingerprint density at radius 2 is 2.11 bits per heavy atom. The molecule has 1 amide bonds. The third kappa shape index (κ3) is 2.46. The largest absolute Gasteiger partial charge is 0.480 e. The van der Waals surface area contributed by atoms with Crippen LogP contribution in [0, 0.1) is 5.82 Å². The van der Waals surface area contributed by atoms with Crippen molar-refractivity contribution in [2.75, 3.05) is 6.54 Å². The van der Waals surface area contributed by atoms with E-state index in [2.05, 4.69) is 0 Å². The average molecular weight is 272 g/mol. The third-order valence-electron chi connectivity index (χ3n) is 2.91. The lowest BCUT2D eigenvalue weighted by molar-refractivity contribution is -0.141. The van der Waals surface area contributed by atoms with Crippen molar-refractivity contribution in [3.63, 3.8) is 0 Å². The molecule has 0 radical (unpaired) electrons. The molecule has 1 fully saturated rings. The van der Waals surface area contributed by atoms with Gasteiger partial charge in [0.05, 0.1) is 0 Å². The van der Waals surface area contributed by atoms with Crippen molar-refractivity contribution < 1.29 is 19.1 Å². The molecule has 1 aromatic carbocycles. The Morgan fingerprint density at radius 1 is 1.39 bits per heavy atom. The van der Waals surface area contributed by atoms with Gasteiger partial charge in [-0.15, -0.1) is 0 Å². The van der Waals surface area contributed by atoms with Crippen molar-refractivity contribution in [1.29, 1.82) is 0 Å². The molecule has 0 bridgehead atoms. The summed E-state index contributed by atoms with van der Waals surface area (Å²) >= 11 is 5.67. The lowest BCUT2D eigenvalue weighted by atomic mass is 10.1. The molecule has 0 saturated carbocycles. The number of carboxylic acids is 1. The minimum Gasteiger partial charge on any atom is -0.480 e. The van der Waals surface area contributed by atoms with Gasteiger partial charge in [0, 0.05) is 17.1 Å². The molecule has 1 aliphatic rings. The van der Waals surface area contributed by atoms with Crippen LogP contribution in [-0.4, -0.2) is 34.5 Å². The monoisotopic (exact) mass is 271 g/mol. The van der Waals surface area contributed by atoms with Crippen LogP contribution in [0.5, 0.6) is 0 Å². The Hall–Kier alpha value is -1.62. The highest BCUT2D eigenvalue weighted by molar-refractivity contribution is 6.31. The van der Waals surface area contributed by atoms with Crippen LogP contribution in [0.3, 0.4) is 0 Å². The molecule has 1 N–H and O–H groups in total. The number of aliphatic carboxylic acids is 1. The molecule has 0 aromatic heterocycles. The van der Waals surface area contributed by atoms with Crippen LogP contribution in [0.15, 0.2) is 18.2 Å². The quantitative estimate of drug-likeness (QED) is 0.897. The van der Waals surface area contributed by atoms with Gasteiger partial charge in [-0.1, -0.05) is 11.6 Å². The van der Waals surface area contributed by atoms with Crippen LogP contribution in [0.1, 0.15) is 23.2 Å². The number of amides is 1. The second-order valence-electron chi connectivity index (χ2n) is 4.15. The van der Waals surface area contributed by atoms with Gasteiger partial charge in [0.25, 0.3) is 5.91 Å². The molecule has 6 heteroatoms. The van der Waals surface area contributed by atoms with Gasteiger partial charge in [0.1, 0.15) is 11.9 Å². The van der Waals surface area contributed by atoms with Crippen LogP contribution in [0.2, 0.25) is 5.02 Å². The van der Waals surface area contributed by atoms with E-state index in [0.717, 1.165) is 12.1 Å². The molecular weight excluding hydrogens is 261 g/mol. The summed E-state index contributed by atoms with van der Waals surface area (Å²) in [6.45, 7) is 0.365. The fourth-order valence-corrected chi connectivity index (χ4v) is 2.33. The van der Waals surface area contributed by atoms with E-state index < -0.39 is 23.7 Å². The summed E-state index contributed by atoms with van der Waals surface area (Å²) in [7, 11) is 0. The molecular formula is C12H11ClFNO3. The van der Waals surface area contributed by atoms with Gasteiger partial charge in [0.15, 0.2) is 0 Å². The van der Waals surface area contributed by atoms with Gasteiger partial charge in [-0.25, -0.2) is 9.18 Å². The van der Waals surface area contributed by atoms with E-state index in [1.807, 2.05) is 0 Å². The van der Waals surface area contributed by atoms with Crippen LogP contribution in [0.25, 0.3) is 0 Å². The van der Waals surface area contributed by atoms with E-state index in [-0.39, 0.29) is 10.6 Å². The number of halogens is 2. The van der Waals surface area contributed by atoms with Gasteiger partial charge in [-0.2, -0.15) is 0 Å². The fourth-order valence-electron chi connectivity index (χ4n) is 2.11. The summed E-state index contributed by atoms with van der Waals surface area (Å²) in [5.41, 5.74) is 0.0770. The Bertz CT molecular complexity index is 486. The first-order valence-electron chi connectivity index (χ1n) is 5.49. The minimum absolute atomic E-state index is 0.0770. The van der Waals surface area contributed by atoms with Gasteiger partial charge < -0.3 is 10.0 Å². The molecule has 1 saturated heterocycles. The summed E-state index contributed by atoms with van der Waals surface area (Å²) < 4.78 is 13.2. The maximum Gasteiger partial charge on any atom is 0.326 e. The molecule has 1 aliphatic heterocycles. The number of benzene rings is 1. The zero-order valence-corrected chi connectivity index (χ0v) is 10.2. The number of rotatable bonds is 2. The highest BCUT2D eigenvalue weighted by Gasteiger charge is 2.34. The standard InChI is InChI=1S/C12H11ClFNO3/c13-8-4-7(5-9(14)6-8)11(16)15-3-1-2-10(15)12(17)18/h4-6,10H,1-3H2,(H,17,18)/t10-/m0/s1. The van der Waals surface area contributed by atoms with Crippen molar-refractivity contribution >= 4 is 23.5 Å². The molecule has 96 valence electrons. The molecule has 0 spiro atoms. The lowest BCUT2D eigenvalue weighted by Crippen LogP contribution is -2.40. The highest BCUT2D eigenvalue weighted by Crippen LogP contribution is 2.22. The number of hydrogen-bond acceptors (Lipinski definition) is 2. The summed E-state index contributed by atoms with van der Waals surface area (Å²) in [6, 6.07) is 2.66. The normalized spacial score (nSPS) is 19.0. The predicted molar refractivity (Wildman–Crippen MR) is 63.1 cm³/mol. The first-order chi connectivity index (χ1) is 8.49. The first kappa shape index (κ1) is 12.8. The third-order valence-corrected chi connectivity index (χ3v) is 3.13. The van der Waals surface area contributed by atoms with Crippen molar-refractivity contribution in [2.45, 2.75) is 18.9 Å². The van der Waals surface area contributed by atoms with E-state index in [0.29, 0.717) is 19.4 Å². The van der Waals surface area contributed by atoms with Crippen molar-refractivity contribution in [3.05, 3.63) is 34.6 Å². The predicted octanol–water partition coefficient (Wildman–Crippen LogP) is 2.17. The SMILES string of the molecule is O=C(O)[C@@H]1CCCN1C(=O)c1cc(F)cc(Cl)c1. The summed E-state index contributed by atoms with van der Waals surface area (Å²) in [5, 5.41) is 9.11. The van der Waals surface area contributed by atoms with Gasteiger partial charge >= 0.3 is 5.97 Å². The molecule has 1 atom stereocenters.